The van der Waals surface area contributed by atoms with E-state index in [1.165, 1.54) is 0 Å². The van der Waals surface area contributed by atoms with Crippen LogP contribution in [0.15, 0.2) is 12.2 Å². The molecule has 4 saturated carbocycles. The normalized spacial score (nSPS) is 57.3. The number of hydrogen-bond donors (Lipinski definition) is 3. The average molecular weight is 362 g/mol. The molecule has 4 bridgehead atoms. The minimum atomic E-state index is -1.26. The molecule has 0 radical (unpaired) electrons. The fraction of sp³-hybridized carbons (Fsp3) is 0.800. The van der Waals surface area contributed by atoms with Crippen LogP contribution in [0.2, 0.25) is 0 Å². The van der Waals surface area contributed by atoms with Crippen molar-refractivity contribution < 1.29 is 29.6 Å². The molecular formula is C20H26O6. The predicted octanol–water partition coefficient (Wildman–Crippen LogP) is 1.85. The van der Waals surface area contributed by atoms with Gasteiger partial charge in [0.1, 0.15) is 0 Å². The van der Waals surface area contributed by atoms with Gasteiger partial charge >= 0.3 is 11.9 Å². The summed E-state index contributed by atoms with van der Waals surface area (Å²) in [6.45, 7) is 5.88. The molecule has 1 heterocycles. The van der Waals surface area contributed by atoms with Crippen molar-refractivity contribution in [2.24, 2.45) is 34.0 Å². The molecule has 1 aliphatic heterocycles. The van der Waals surface area contributed by atoms with E-state index in [0.717, 1.165) is 6.42 Å². The van der Waals surface area contributed by atoms with E-state index in [-0.39, 0.29) is 5.92 Å². The van der Waals surface area contributed by atoms with E-state index in [9.17, 15) is 24.9 Å². The summed E-state index contributed by atoms with van der Waals surface area (Å²) in [5, 5.41) is 32.2. The van der Waals surface area contributed by atoms with Gasteiger partial charge in [0.05, 0.1) is 16.9 Å². The summed E-state index contributed by atoms with van der Waals surface area (Å²) in [4.78, 5) is 25.3. The van der Waals surface area contributed by atoms with Gasteiger partial charge in [-0.05, 0) is 62.4 Å². The third-order valence-corrected chi connectivity index (χ3v) is 8.95. The lowest BCUT2D eigenvalue weighted by molar-refractivity contribution is -0.272. The smallest absolute Gasteiger partial charge is 0.314 e. The number of carboxylic acids is 1. The molecule has 0 amide bonds. The Morgan fingerprint density at radius 2 is 2.04 bits per heavy atom. The average Bonchev–Trinajstić information content (AvgIpc) is 2.92. The van der Waals surface area contributed by atoms with Crippen molar-refractivity contribution in [3.63, 3.8) is 0 Å². The molecule has 6 nitrogen and oxygen atoms in total. The van der Waals surface area contributed by atoms with Crippen molar-refractivity contribution >= 4 is 11.9 Å². The quantitative estimate of drug-likeness (QED) is 0.486. The Kier molecular flexibility index (Phi) is 2.92. The van der Waals surface area contributed by atoms with Crippen molar-refractivity contribution in [2.45, 2.75) is 63.8 Å². The van der Waals surface area contributed by atoms with E-state index in [0.29, 0.717) is 44.1 Å². The Balaban J connectivity index is 1.78. The lowest BCUT2D eigenvalue weighted by atomic mass is 9.50. The van der Waals surface area contributed by atoms with Crippen molar-refractivity contribution in [1.29, 1.82) is 0 Å². The van der Waals surface area contributed by atoms with Crippen molar-refractivity contribution in [2.75, 3.05) is 0 Å². The van der Waals surface area contributed by atoms with Crippen LogP contribution in [-0.4, -0.2) is 39.1 Å². The van der Waals surface area contributed by atoms with Gasteiger partial charge in [0, 0.05) is 11.3 Å². The summed E-state index contributed by atoms with van der Waals surface area (Å²) in [5.74, 6) is -2.71. The molecule has 1 spiro atoms. The highest BCUT2D eigenvalue weighted by molar-refractivity contribution is 5.82. The largest absolute Gasteiger partial charge is 0.481 e. The number of carbonyl (C=O) groups is 2. The molecule has 5 aliphatic rings. The number of esters is 1. The topological polar surface area (TPSA) is 104 Å². The van der Waals surface area contributed by atoms with Crippen LogP contribution in [0.3, 0.4) is 0 Å². The number of ether oxygens (including phenoxy) is 1. The minimum absolute atomic E-state index is 0.0802. The summed E-state index contributed by atoms with van der Waals surface area (Å²) >= 11 is 0. The van der Waals surface area contributed by atoms with E-state index < -0.39 is 51.9 Å². The number of fused-ring (bicyclic) bond motifs is 1. The van der Waals surface area contributed by atoms with Gasteiger partial charge in [-0.3, -0.25) is 9.59 Å². The zero-order valence-corrected chi connectivity index (χ0v) is 15.0. The lowest BCUT2D eigenvalue weighted by Gasteiger charge is -2.57. The van der Waals surface area contributed by atoms with Crippen LogP contribution in [0.1, 0.15) is 51.9 Å². The first kappa shape index (κ1) is 16.8. The third kappa shape index (κ3) is 1.51. The van der Waals surface area contributed by atoms with Crippen LogP contribution in [0.4, 0.5) is 0 Å². The Bertz CT molecular complexity index is 747. The minimum Gasteiger partial charge on any atom is -0.481 e. The van der Waals surface area contributed by atoms with Gasteiger partial charge in [0.25, 0.3) is 0 Å². The molecule has 0 aromatic rings. The van der Waals surface area contributed by atoms with Gasteiger partial charge in [-0.1, -0.05) is 13.0 Å². The van der Waals surface area contributed by atoms with Crippen LogP contribution in [-0.2, 0) is 14.3 Å². The molecule has 1 saturated heterocycles. The highest BCUT2D eigenvalue weighted by Gasteiger charge is 2.81. The third-order valence-electron chi connectivity index (χ3n) is 8.95. The van der Waals surface area contributed by atoms with Gasteiger partial charge in [0.15, 0.2) is 0 Å². The van der Waals surface area contributed by atoms with E-state index in [2.05, 4.69) is 6.58 Å². The molecule has 0 aromatic heterocycles. The van der Waals surface area contributed by atoms with Crippen LogP contribution >= 0.6 is 0 Å². The molecule has 0 unspecified atom stereocenters. The maximum absolute atomic E-state index is 12.7. The summed E-state index contributed by atoms with van der Waals surface area (Å²) in [6.07, 6.45) is 2.78. The summed E-state index contributed by atoms with van der Waals surface area (Å²) < 4.78 is 5.43. The zero-order chi connectivity index (χ0) is 18.7. The van der Waals surface area contributed by atoms with Gasteiger partial charge in [-0.2, -0.15) is 0 Å². The number of aliphatic hydroxyl groups excluding tert-OH is 1. The van der Waals surface area contributed by atoms with Crippen LogP contribution < -0.4 is 0 Å². The first-order valence-electron chi connectivity index (χ1n) is 9.64. The Hall–Kier alpha value is -1.40. The fourth-order valence-corrected chi connectivity index (χ4v) is 8.20. The Morgan fingerprint density at radius 3 is 2.73 bits per heavy atom. The van der Waals surface area contributed by atoms with E-state index in [1.54, 1.807) is 0 Å². The molecule has 5 rings (SSSR count). The van der Waals surface area contributed by atoms with Gasteiger partial charge < -0.3 is 20.1 Å². The number of cyclic esters (lactones) is 1. The Labute approximate surface area is 152 Å². The van der Waals surface area contributed by atoms with Crippen LogP contribution in [0.25, 0.3) is 0 Å². The van der Waals surface area contributed by atoms with Crippen LogP contribution in [0.5, 0.6) is 0 Å². The molecule has 3 N–H and O–H groups in total. The first-order valence-corrected chi connectivity index (χ1v) is 9.64. The number of carbonyl (C=O) groups excluding carboxylic acids is 1. The highest BCUT2D eigenvalue weighted by atomic mass is 16.6. The van der Waals surface area contributed by atoms with Crippen molar-refractivity contribution in [3.8, 4) is 0 Å². The maximum Gasteiger partial charge on any atom is 0.314 e. The van der Waals surface area contributed by atoms with E-state index in [4.69, 9.17) is 4.74 Å². The number of rotatable bonds is 1. The van der Waals surface area contributed by atoms with Gasteiger partial charge in [-0.25, -0.2) is 0 Å². The van der Waals surface area contributed by atoms with E-state index in [1.807, 2.05) is 6.92 Å². The van der Waals surface area contributed by atoms with Crippen molar-refractivity contribution in [1.82, 2.24) is 0 Å². The first-order chi connectivity index (χ1) is 12.1. The monoisotopic (exact) mass is 362 g/mol. The van der Waals surface area contributed by atoms with Gasteiger partial charge in [0.2, 0.25) is 6.29 Å². The standard InChI is InChI=1S/C20H26O6/c1-10-8-18-9-19(10,25)7-4-11(18)20-6-3-5-17(2,15(23)26-16(20)24)13(20)12(18)14(21)22/h11-13,16,24-25H,1,3-9H2,2H3,(H,21,22)/t11-,12-,13-,16-,17-,18+,19+,20-/m1/s1. The number of aliphatic carboxylic acids is 1. The number of carboxylic acid groups (broad SMARTS) is 1. The molecule has 5 fully saturated rings. The summed E-state index contributed by atoms with van der Waals surface area (Å²) in [7, 11) is 0. The van der Waals surface area contributed by atoms with Crippen molar-refractivity contribution in [3.05, 3.63) is 12.2 Å². The molecule has 6 heteroatoms. The molecule has 26 heavy (non-hydrogen) atoms. The second-order valence-electron chi connectivity index (χ2n) is 9.75. The highest BCUT2D eigenvalue weighted by Crippen LogP contribution is 2.80. The molecular weight excluding hydrogens is 336 g/mol. The fourth-order valence-electron chi connectivity index (χ4n) is 8.20. The van der Waals surface area contributed by atoms with Crippen LogP contribution in [0, 0.1) is 34.0 Å². The predicted molar refractivity (Wildman–Crippen MR) is 89.6 cm³/mol. The SMILES string of the molecule is C=C1C[C@]23C[C@@]1(O)CC[C@H]2[C@@]12CCC[C@@](C)(C(=O)O[C@H]1O)[C@H]2[C@@H]3C(=O)O. The number of hydrogen-bond acceptors (Lipinski definition) is 5. The molecule has 142 valence electrons. The van der Waals surface area contributed by atoms with Gasteiger partial charge in [-0.15, -0.1) is 0 Å². The van der Waals surface area contributed by atoms with E-state index >= 15 is 0 Å². The number of aliphatic hydroxyl groups is 2. The maximum atomic E-state index is 12.7. The second kappa shape index (κ2) is 4.53. The second-order valence-corrected chi connectivity index (χ2v) is 9.75. The molecule has 0 aromatic carbocycles. The summed E-state index contributed by atoms with van der Waals surface area (Å²) in [6, 6.07) is 0. The lowest BCUT2D eigenvalue weighted by Crippen LogP contribution is -2.62. The Morgan fingerprint density at radius 1 is 1.31 bits per heavy atom. The zero-order valence-electron chi connectivity index (χ0n) is 15.0. The molecule has 4 aliphatic carbocycles. The molecule has 8 atom stereocenters. The summed E-state index contributed by atoms with van der Waals surface area (Å²) in [5.41, 5.74) is -2.58.